The molecule has 0 radical (unpaired) electrons. The summed E-state index contributed by atoms with van der Waals surface area (Å²) in [5.74, 6) is 0.164. The number of nitrogens with one attached hydrogen (secondary N) is 1. The van der Waals surface area contributed by atoms with Crippen molar-refractivity contribution in [2.24, 2.45) is 15.9 Å². The van der Waals surface area contributed by atoms with Crippen LogP contribution < -0.4 is 20.7 Å². The maximum absolute atomic E-state index is 11.0. The van der Waals surface area contributed by atoms with Crippen LogP contribution in [0.15, 0.2) is 51.5 Å². The highest BCUT2D eigenvalue weighted by Crippen LogP contribution is 2.33. The van der Waals surface area contributed by atoms with Crippen LogP contribution in [0.2, 0.25) is 0 Å². The number of nitro benzene ring substituents is 1. The van der Waals surface area contributed by atoms with Crippen LogP contribution in [0.3, 0.4) is 0 Å². The summed E-state index contributed by atoms with van der Waals surface area (Å²) in [4.78, 5) is 10.3. The number of methoxy groups -OCH3 is 2. The first kappa shape index (κ1) is 25.3. The van der Waals surface area contributed by atoms with Crippen molar-refractivity contribution in [3.8, 4) is 11.5 Å². The molecule has 5 N–H and O–H groups in total. The minimum Gasteiger partial charge on any atom is -0.493 e. The molecular weight excluding hydrogens is 434 g/mol. The minimum atomic E-state index is -4.02. The predicted molar refractivity (Wildman–Crippen MR) is 111 cm³/mol. The predicted octanol–water partition coefficient (Wildman–Crippen LogP) is 1.48. The number of benzene rings is 2. The molecule has 2 aromatic carbocycles. The molecule has 168 valence electrons. The van der Waals surface area contributed by atoms with Crippen LogP contribution in [0.1, 0.15) is 11.1 Å². The van der Waals surface area contributed by atoms with Gasteiger partial charge in [-0.1, -0.05) is 17.7 Å². The van der Waals surface area contributed by atoms with E-state index in [1.165, 1.54) is 38.5 Å². The quantitative estimate of drug-likeness (QED) is 0.163. The van der Waals surface area contributed by atoms with Crippen molar-refractivity contribution in [2.45, 2.75) is 11.8 Å². The van der Waals surface area contributed by atoms with E-state index in [1.54, 1.807) is 17.6 Å². The van der Waals surface area contributed by atoms with E-state index in [1.807, 2.05) is 6.92 Å². The Morgan fingerprint density at radius 2 is 1.74 bits per heavy atom. The van der Waals surface area contributed by atoms with E-state index in [0.29, 0.717) is 5.75 Å². The lowest BCUT2D eigenvalue weighted by Gasteiger charge is -2.08. The molecule has 13 nitrogen and oxygen atoms in total. The highest BCUT2D eigenvalue weighted by molar-refractivity contribution is 7.85. The summed E-state index contributed by atoms with van der Waals surface area (Å²) in [6.45, 7) is 1.84. The van der Waals surface area contributed by atoms with Gasteiger partial charge in [-0.25, -0.2) is 5.48 Å². The van der Waals surface area contributed by atoms with Crippen molar-refractivity contribution in [1.29, 1.82) is 0 Å². The van der Waals surface area contributed by atoms with Gasteiger partial charge in [0.2, 0.25) is 5.96 Å². The van der Waals surface area contributed by atoms with Crippen LogP contribution in [0.5, 0.6) is 11.5 Å². The third-order valence-electron chi connectivity index (χ3n) is 3.53. The zero-order chi connectivity index (χ0) is 23.6. The first-order valence-corrected chi connectivity index (χ1v) is 9.68. The molecular formula is C17H21N5O8S. The fourth-order valence-electron chi connectivity index (χ4n) is 2.03. The van der Waals surface area contributed by atoms with Gasteiger partial charge in [0.05, 0.1) is 41.9 Å². The molecule has 0 atom stereocenters. The molecule has 14 heteroatoms. The van der Waals surface area contributed by atoms with Gasteiger partial charge in [-0.2, -0.15) is 13.5 Å². The molecule has 0 heterocycles. The number of nitro groups is 1. The Morgan fingerprint density at radius 1 is 1.19 bits per heavy atom. The Kier molecular flexibility index (Phi) is 9.33. The normalized spacial score (nSPS) is 11.5. The second-order valence-electron chi connectivity index (χ2n) is 5.65. The number of nitrogens with zero attached hydrogens (tertiary/aromatic N) is 3. The van der Waals surface area contributed by atoms with Gasteiger partial charge in [0, 0.05) is 0 Å². The lowest BCUT2D eigenvalue weighted by Crippen LogP contribution is -2.27. The lowest BCUT2D eigenvalue weighted by molar-refractivity contribution is -0.385. The topological polar surface area (TPSA) is 199 Å². The van der Waals surface area contributed by atoms with Crippen molar-refractivity contribution < 1.29 is 32.6 Å². The molecule has 2 aromatic rings. The molecule has 0 saturated heterocycles. The van der Waals surface area contributed by atoms with Gasteiger partial charge in [0.1, 0.15) is 0 Å². The SMILES string of the molecule is COc1cc(C=N/N=C(\N)NO)c([N+](=O)[O-])cc1OC.Cc1ccc(S(=O)(=O)O)cc1. The third-order valence-corrected chi connectivity index (χ3v) is 4.39. The van der Waals surface area contributed by atoms with Crippen LogP contribution in [-0.4, -0.2) is 49.5 Å². The summed E-state index contributed by atoms with van der Waals surface area (Å²) in [5.41, 5.74) is 7.56. The van der Waals surface area contributed by atoms with E-state index in [0.717, 1.165) is 11.8 Å². The largest absolute Gasteiger partial charge is 0.493 e. The molecule has 2 rings (SSSR count). The van der Waals surface area contributed by atoms with Crippen molar-refractivity contribution in [1.82, 2.24) is 5.48 Å². The second kappa shape index (κ2) is 11.4. The number of aryl methyl sites for hydroxylation is 1. The van der Waals surface area contributed by atoms with Gasteiger partial charge >= 0.3 is 0 Å². The Balaban J connectivity index is 0.000000367. The monoisotopic (exact) mass is 455 g/mol. The Morgan fingerprint density at radius 3 is 2.19 bits per heavy atom. The number of hydrogen-bond acceptors (Lipinski definition) is 9. The van der Waals surface area contributed by atoms with Crippen LogP contribution in [0, 0.1) is 17.0 Å². The van der Waals surface area contributed by atoms with E-state index in [-0.39, 0.29) is 27.9 Å². The smallest absolute Gasteiger partial charge is 0.294 e. The highest BCUT2D eigenvalue weighted by Gasteiger charge is 2.18. The number of guanidine groups is 1. The number of hydrogen-bond donors (Lipinski definition) is 4. The van der Waals surface area contributed by atoms with Crippen LogP contribution in [0.4, 0.5) is 5.69 Å². The Bertz CT molecular complexity index is 1070. The zero-order valence-electron chi connectivity index (χ0n) is 16.7. The highest BCUT2D eigenvalue weighted by atomic mass is 32.2. The molecule has 0 spiro atoms. The van der Waals surface area contributed by atoms with Gasteiger partial charge in [-0.3, -0.25) is 19.9 Å². The Labute approximate surface area is 177 Å². The number of rotatable bonds is 6. The summed E-state index contributed by atoms with van der Waals surface area (Å²) >= 11 is 0. The second-order valence-corrected chi connectivity index (χ2v) is 7.07. The summed E-state index contributed by atoms with van der Waals surface area (Å²) in [6.07, 6.45) is 1.10. The standard InChI is InChI=1S/C10H13N5O5.C7H8O3S/c1-19-8-3-6(5-12-13-10(11)14-16)7(15(17)18)4-9(8)20-2;1-6-2-4-7(5-3-6)11(8,9)10/h3-5,16H,1-2H3,(H3,11,13,14);2-5H,1H3,(H,8,9,10). The molecule has 0 amide bonds. The number of ether oxygens (including phenoxy) is 2. The van der Waals surface area contributed by atoms with Crippen molar-refractivity contribution in [3.63, 3.8) is 0 Å². The van der Waals surface area contributed by atoms with Crippen molar-refractivity contribution in [3.05, 3.63) is 57.6 Å². The molecule has 0 unspecified atom stereocenters. The van der Waals surface area contributed by atoms with E-state index in [2.05, 4.69) is 10.2 Å². The van der Waals surface area contributed by atoms with E-state index < -0.39 is 15.0 Å². The Hall–Kier alpha value is -3.75. The number of hydroxylamine groups is 1. The molecule has 0 bridgehead atoms. The maximum Gasteiger partial charge on any atom is 0.294 e. The third kappa shape index (κ3) is 7.88. The average Bonchev–Trinajstić information content (AvgIpc) is 2.73. The fraction of sp³-hybridized carbons (Fsp3) is 0.176. The van der Waals surface area contributed by atoms with Crippen molar-refractivity contribution >= 4 is 28.0 Å². The van der Waals surface area contributed by atoms with Gasteiger partial charge in [-0.15, -0.1) is 5.10 Å². The van der Waals surface area contributed by atoms with Crippen LogP contribution in [0.25, 0.3) is 0 Å². The summed E-state index contributed by atoms with van der Waals surface area (Å²) in [5, 5.41) is 26.2. The molecule has 0 aliphatic heterocycles. The van der Waals surface area contributed by atoms with Gasteiger partial charge in [0.25, 0.3) is 15.8 Å². The van der Waals surface area contributed by atoms with E-state index in [9.17, 15) is 18.5 Å². The molecule has 0 saturated carbocycles. The average molecular weight is 455 g/mol. The molecule has 0 aliphatic carbocycles. The van der Waals surface area contributed by atoms with Crippen LogP contribution in [-0.2, 0) is 10.1 Å². The summed E-state index contributed by atoms with van der Waals surface area (Å²) in [7, 11) is -1.25. The zero-order valence-corrected chi connectivity index (χ0v) is 17.5. The first-order chi connectivity index (χ1) is 14.5. The molecule has 0 aromatic heterocycles. The first-order valence-electron chi connectivity index (χ1n) is 8.24. The number of nitrogens with two attached hydrogens (primary N) is 1. The lowest BCUT2D eigenvalue weighted by atomic mass is 10.1. The van der Waals surface area contributed by atoms with Gasteiger partial charge < -0.3 is 15.2 Å². The minimum absolute atomic E-state index is 0.0666. The maximum atomic E-state index is 11.0. The van der Waals surface area contributed by atoms with E-state index >= 15 is 0 Å². The van der Waals surface area contributed by atoms with E-state index in [4.69, 9.17) is 25.0 Å². The summed E-state index contributed by atoms with van der Waals surface area (Å²) in [6, 6.07) is 8.57. The van der Waals surface area contributed by atoms with Crippen LogP contribution >= 0.6 is 0 Å². The van der Waals surface area contributed by atoms with Crippen molar-refractivity contribution in [2.75, 3.05) is 14.2 Å². The molecule has 31 heavy (non-hydrogen) atoms. The molecule has 0 fully saturated rings. The fourth-order valence-corrected chi connectivity index (χ4v) is 2.51. The van der Waals surface area contributed by atoms with Gasteiger partial charge in [0.15, 0.2) is 11.5 Å². The summed E-state index contributed by atoms with van der Waals surface area (Å²) < 4.78 is 39.6. The molecule has 0 aliphatic rings. The van der Waals surface area contributed by atoms with Gasteiger partial charge in [-0.05, 0) is 25.1 Å².